The minimum atomic E-state index is -0.0155. The minimum Gasteiger partial charge on any atom is -0.398 e. The summed E-state index contributed by atoms with van der Waals surface area (Å²) in [6.07, 6.45) is 3.30. The van der Waals surface area contributed by atoms with Crippen LogP contribution in [0.1, 0.15) is 21.5 Å². The van der Waals surface area contributed by atoms with Gasteiger partial charge in [-0.1, -0.05) is 48.0 Å². The molecule has 0 unspecified atom stereocenters. The summed E-state index contributed by atoms with van der Waals surface area (Å²) in [7, 11) is 0. The third-order valence-electron chi connectivity index (χ3n) is 2.75. The Morgan fingerprint density at radius 2 is 1.72 bits per heavy atom. The molecule has 0 spiro atoms. The Kier molecular flexibility index (Phi) is 3.58. The summed E-state index contributed by atoms with van der Waals surface area (Å²) in [6.45, 7) is 1.99. The number of nitrogens with two attached hydrogens (primary N) is 1. The largest absolute Gasteiger partial charge is 0.398 e. The van der Waals surface area contributed by atoms with Crippen molar-refractivity contribution >= 4 is 17.5 Å². The van der Waals surface area contributed by atoms with Gasteiger partial charge in [0, 0.05) is 11.3 Å². The highest BCUT2D eigenvalue weighted by atomic mass is 16.1. The second-order valence-corrected chi connectivity index (χ2v) is 4.19. The molecule has 0 radical (unpaired) electrons. The number of hydrogen-bond acceptors (Lipinski definition) is 2. The summed E-state index contributed by atoms with van der Waals surface area (Å²) in [4.78, 5) is 11.9. The molecule has 0 aliphatic rings. The molecule has 2 nitrogen and oxygen atoms in total. The van der Waals surface area contributed by atoms with E-state index in [0.29, 0.717) is 11.3 Å². The van der Waals surface area contributed by atoms with Crippen molar-refractivity contribution in [3.05, 3.63) is 71.3 Å². The fourth-order valence-corrected chi connectivity index (χ4v) is 1.64. The van der Waals surface area contributed by atoms with Gasteiger partial charge in [-0.25, -0.2) is 0 Å². The summed E-state index contributed by atoms with van der Waals surface area (Å²) < 4.78 is 0. The SMILES string of the molecule is Cc1ccc(C(=O)/C=C/c2ccccc2N)cc1. The molecule has 0 aliphatic carbocycles. The lowest BCUT2D eigenvalue weighted by Crippen LogP contribution is -1.94. The third kappa shape index (κ3) is 2.86. The van der Waals surface area contributed by atoms with Gasteiger partial charge in [-0.3, -0.25) is 4.79 Å². The predicted molar refractivity (Wildman–Crippen MR) is 75.4 cm³/mol. The first-order chi connectivity index (χ1) is 8.66. The number of aryl methyl sites for hydroxylation is 1. The normalized spacial score (nSPS) is 10.7. The number of nitrogen functional groups attached to an aromatic ring is 1. The standard InChI is InChI=1S/C16H15NO/c1-12-6-8-14(9-7-12)16(18)11-10-13-4-2-3-5-15(13)17/h2-11H,17H2,1H3/b11-10+. The molecule has 2 aromatic rings. The lowest BCUT2D eigenvalue weighted by atomic mass is 10.1. The van der Waals surface area contributed by atoms with E-state index in [2.05, 4.69) is 0 Å². The molecule has 0 saturated heterocycles. The molecule has 90 valence electrons. The van der Waals surface area contributed by atoms with E-state index in [-0.39, 0.29) is 5.78 Å². The number of para-hydroxylation sites is 1. The van der Waals surface area contributed by atoms with E-state index >= 15 is 0 Å². The van der Waals surface area contributed by atoms with Crippen molar-refractivity contribution in [2.75, 3.05) is 5.73 Å². The monoisotopic (exact) mass is 237 g/mol. The number of benzene rings is 2. The molecule has 18 heavy (non-hydrogen) atoms. The summed E-state index contributed by atoms with van der Waals surface area (Å²) in [5, 5.41) is 0. The first kappa shape index (κ1) is 12.1. The van der Waals surface area contributed by atoms with E-state index in [1.54, 1.807) is 12.2 Å². The fraction of sp³-hybridized carbons (Fsp3) is 0.0625. The van der Waals surface area contributed by atoms with Crippen LogP contribution in [0.3, 0.4) is 0 Å². The molecule has 0 fully saturated rings. The van der Waals surface area contributed by atoms with Crippen LogP contribution < -0.4 is 5.73 Å². The Bertz CT molecular complexity index is 582. The quantitative estimate of drug-likeness (QED) is 0.504. The fourth-order valence-electron chi connectivity index (χ4n) is 1.64. The molecule has 0 saturated carbocycles. The molecule has 2 rings (SSSR count). The molecule has 2 heteroatoms. The maximum atomic E-state index is 11.9. The van der Waals surface area contributed by atoms with Crippen molar-refractivity contribution in [1.29, 1.82) is 0 Å². The summed E-state index contributed by atoms with van der Waals surface area (Å²) in [6, 6.07) is 15.0. The highest BCUT2D eigenvalue weighted by Gasteiger charge is 2.01. The van der Waals surface area contributed by atoms with Gasteiger partial charge in [-0.2, -0.15) is 0 Å². The van der Waals surface area contributed by atoms with E-state index in [4.69, 9.17) is 5.73 Å². The molecular weight excluding hydrogens is 222 g/mol. The molecule has 0 aliphatic heterocycles. The first-order valence-corrected chi connectivity index (χ1v) is 5.80. The maximum Gasteiger partial charge on any atom is 0.185 e. The number of carbonyl (C=O) groups is 1. The lowest BCUT2D eigenvalue weighted by Gasteiger charge is -1.99. The van der Waals surface area contributed by atoms with Crippen molar-refractivity contribution in [3.8, 4) is 0 Å². The van der Waals surface area contributed by atoms with Crippen LogP contribution in [-0.4, -0.2) is 5.78 Å². The summed E-state index contributed by atoms with van der Waals surface area (Å²) in [5.74, 6) is -0.0155. The van der Waals surface area contributed by atoms with Crippen molar-refractivity contribution in [2.24, 2.45) is 0 Å². The summed E-state index contributed by atoms with van der Waals surface area (Å²) in [5.41, 5.74) is 9.16. The topological polar surface area (TPSA) is 43.1 Å². The molecule has 0 heterocycles. The zero-order valence-electron chi connectivity index (χ0n) is 10.3. The molecule has 2 aromatic carbocycles. The Morgan fingerprint density at radius 1 is 1.06 bits per heavy atom. The lowest BCUT2D eigenvalue weighted by molar-refractivity contribution is 0.104. The van der Waals surface area contributed by atoms with Crippen LogP contribution in [0.15, 0.2) is 54.6 Å². The number of carbonyl (C=O) groups excluding carboxylic acids is 1. The van der Waals surface area contributed by atoms with Crippen LogP contribution in [0.25, 0.3) is 6.08 Å². The number of anilines is 1. The van der Waals surface area contributed by atoms with Crippen LogP contribution in [0.4, 0.5) is 5.69 Å². The molecule has 0 amide bonds. The maximum absolute atomic E-state index is 11.9. The highest BCUT2D eigenvalue weighted by Crippen LogP contribution is 2.13. The number of hydrogen-bond donors (Lipinski definition) is 1. The smallest absolute Gasteiger partial charge is 0.185 e. The molecule has 0 atom stereocenters. The average molecular weight is 237 g/mol. The molecule has 0 bridgehead atoms. The molecular formula is C16H15NO. The Morgan fingerprint density at radius 3 is 2.39 bits per heavy atom. The Balaban J connectivity index is 2.17. The van der Waals surface area contributed by atoms with Crippen LogP contribution >= 0.6 is 0 Å². The van der Waals surface area contributed by atoms with Crippen LogP contribution in [0.2, 0.25) is 0 Å². The van der Waals surface area contributed by atoms with Gasteiger partial charge in [0.15, 0.2) is 5.78 Å². The van der Waals surface area contributed by atoms with Crippen LogP contribution in [-0.2, 0) is 0 Å². The van der Waals surface area contributed by atoms with Crippen molar-refractivity contribution in [1.82, 2.24) is 0 Å². The predicted octanol–water partition coefficient (Wildman–Crippen LogP) is 3.47. The number of rotatable bonds is 3. The van der Waals surface area contributed by atoms with Crippen molar-refractivity contribution in [3.63, 3.8) is 0 Å². The average Bonchev–Trinajstić information content (AvgIpc) is 2.38. The number of ketones is 1. The molecule has 0 aromatic heterocycles. The van der Waals surface area contributed by atoms with E-state index in [0.717, 1.165) is 11.1 Å². The van der Waals surface area contributed by atoms with Gasteiger partial charge in [0.1, 0.15) is 0 Å². The second kappa shape index (κ2) is 5.32. The van der Waals surface area contributed by atoms with E-state index in [9.17, 15) is 4.79 Å². The van der Waals surface area contributed by atoms with Crippen LogP contribution in [0, 0.1) is 6.92 Å². The summed E-state index contributed by atoms with van der Waals surface area (Å²) >= 11 is 0. The zero-order valence-corrected chi connectivity index (χ0v) is 10.3. The van der Waals surface area contributed by atoms with Gasteiger partial charge in [-0.15, -0.1) is 0 Å². The van der Waals surface area contributed by atoms with Gasteiger partial charge < -0.3 is 5.73 Å². The highest BCUT2D eigenvalue weighted by molar-refractivity contribution is 6.07. The van der Waals surface area contributed by atoms with E-state index in [1.165, 1.54) is 0 Å². The zero-order chi connectivity index (χ0) is 13.0. The van der Waals surface area contributed by atoms with Gasteiger partial charge in [-0.05, 0) is 30.7 Å². The van der Waals surface area contributed by atoms with E-state index < -0.39 is 0 Å². The van der Waals surface area contributed by atoms with Crippen molar-refractivity contribution in [2.45, 2.75) is 6.92 Å². The van der Waals surface area contributed by atoms with Gasteiger partial charge in [0.25, 0.3) is 0 Å². The second-order valence-electron chi connectivity index (χ2n) is 4.19. The number of allylic oxidation sites excluding steroid dienone is 1. The van der Waals surface area contributed by atoms with Gasteiger partial charge in [0.2, 0.25) is 0 Å². The van der Waals surface area contributed by atoms with Crippen molar-refractivity contribution < 1.29 is 4.79 Å². The minimum absolute atomic E-state index is 0.0155. The Labute approximate surface area is 107 Å². The Hall–Kier alpha value is -2.35. The van der Waals surface area contributed by atoms with Crippen LogP contribution in [0.5, 0.6) is 0 Å². The van der Waals surface area contributed by atoms with E-state index in [1.807, 2.05) is 55.5 Å². The molecule has 2 N–H and O–H groups in total. The van der Waals surface area contributed by atoms with Gasteiger partial charge in [0.05, 0.1) is 0 Å². The third-order valence-corrected chi connectivity index (χ3v) is 2.75. The van der Waals surface area contributed by atoms with Gasteiger partial charge >= 0.3 is 0 Å². The first-order valence-electron chi connectivity index (χ1n) is 5.80.